The molecule has 0 radical (unpaired) electrons. The van der Waals surface area contributed by atoms with Gasteiger partial charge in [-0.3, -0.25) is 4.90 Å². The van der Waals surface area contributed by atoms with Crippen LogP contribution in [0.25, 0.3) is 0 Å². The van der Waals surface area contributed by atoms with Gasteiger partial charge in [-0.1, -0.05) is 23.7 Å². The zero-order valence-corrected chi connectivity index (χ0v) is 20.0. The van der Waals surface area contributed by atoms with Crippen molar-refractivity contribution in [3.63, 3.8) is 0 Å². The second-order valence-electron chi connectivity index (χ2n) is 7.87. The highest BCUT2D eigenvalue weighted by Gasteiger charge is 2.35. The normalized spacial score (nSPS) is 17.0. The Morgan fingerprint density at radius 2 is 1.82 bits per heavy atom. The number of aliphatic hydroxyl groups excluding tert-OH is 1. The van der Waals surface area contributed by atoms with Crippen LogP contribution in [-0.4, -0.2) is 75.3 Å². The second kappa shape index (κ2) is 11.2. The van der Waals surface area contributed by atoms with Crippen LogP contribution in [0, 0.1) is 0 Å². The summed E-state index contributed by atoms with van der Waals surface area (Å²) in [6, 6.07) is 9.63. The summed E-state index contributed by atoms with van der Waals surface area (Å²) in [5.41, 5.74) is -0.176. The van der Waals surface area contributed by atoms with Crippen molar-refractivity contribution in [3.8, 4) is 5.75 Å². The molecule has 2 aromatic rings. The van der Waals surface area contributed by atoms with E-state index in [0.29, 0.717) is 31.5 Å². The van der Waals surface area contributed by atoms with Crippen molar-refractivity contribution in [1.29, 1.82) is 0 Å². The number of hydrogen-bond donors (Lipinski definition) is 1. The summed E-state index contributed by atoms with van der Waals surface area (Å²) >= 11 is 5.92. The summed E-state index contributed by atoms with van der Waals surface area (Å²) in [6.45, 7) is 1.41. The lowest BCUT2D eigenvalue weighted by Crippen LogP contribution is -2.50. The molecular formula is C22H26ClF3N2O5S. The predicted octanol–water partition coefficient (Wildman–Crippen LogP) is 3.25. The average molecular weight is 523 g/mol. The van der Waals surface area contributed by atoms with Crippen LogP contribution in [0.3, 0.4) is 0 Å². The van der Waals surface area contributed by atoms with Gasteiger partial charge in [-0.15, -0.1) is 0 Å². The number of rotatable bonds is 9. The fraction of sp³-hybridized carbons (Fsp3) is 0.455. The molecule has 2 aromatic carbocycles. The summed E-state index contributed by atoms with van der Waals surface area (Å²) in [7, 11) is -2.63. The fourth-order valence-corrected chi connectivity index (χ4v) is 5.52. The average Bonchev–Trinajstić information content (AvgIpc) is 2.79. The lowest BCUT2D eigenvalue weighted by atomic mass is 10.2. The maximum absolute atomic E-state index is 13.0. The number of nitrogens with zero attached hydrogens (tertiary/aromatic N) is 2. The highest BCUT2D eigenvalue weighted by molar-refractivity contribution is 7.89. The van der Waals surface area contributed by atoms with E-state index in [0.717, 1.165) is 22.0 Å². The van der Waals surface area contributed by atoms with E-state index in [1.165, 1.54) is 0 Å². The molecule has 0 bridgehead atoms. The quantitative estimate of drug-likeness (QED) is 0.545. The SMILES string of the molecule is COc1cccc(COC[C@@H](O)CN2CCN(S(=O)(=O)c3cc(C(F)(F)F)ccc3Cl)CC2)c1. The Morgan fingerprint density at radius 3 is 2.47 bits per heavy atom. The number of hydrogen-bond acceptors (Lipinski definition) is 6. The first kappa shape index (κ1) is 26.7. The Morgan fingerprint density at radius 1 is 1.12 bits per heavy atom. The Kier molecular flexibility index (Phi) is 8.82. The van der Waals surface area contributed by atoms with Crippen molar-refractivity contribution in [2.45, 2.75) is 23.8 Å². The van der Waals surface area contributed by atoms with Crippen LogP contribution in [0.4, 0.5) is 13.2 Å². The van der Waals surface area contributed by atoms with E-state index in [1.807, 2.05) is 29.2 Å². The van der Waals surface area contributed by atoms with Gasteiger partial charge in [0.05, 0.1) is 37.0 Å². The van der Waals surface area contributed by atoms with Crippen molar-refractivity contribution in [1.82, 2.24) is 9.21 Å². The summed E-state index contributed by atoms with van der Waals surface area (Å²) in [5.74, 6) is 0.709. The van der Waals surface area contributed by atoms with Crippen LogP contribution < -0.4 is 4.74 Å². The van der Waals surface area contributed by atoms with Crippen LogP contribution in [0.2, 0.25) is 5.02 Å². The Labute approximate surface area is 201 Å². The maximum atomic E-state index is 13.0. The van der Waals surface area contributed by atoms with E-state index in [4.69, 9.17) is 21.1 Å². The second-order valence-corrected chi connectivity index (χ2v) is 10.2. The minimum Gasteiger partial charge on any atom is -0.497 e. The molecule has 1 heterocycles. The van der Waals surface area contributed by atoms with E-state index in [2.05, 4.69) is 0 Å². The van der Waals surface area contributed by atoms with Crippen molar-refractivity contribution in [2.24, 2.45) is 0 Å². The van der Waals surface area contributed by atoms with Crippen molar-refractivity contribution < 1.29 is 36.2 Å². The van der Waals surface area contributed by atoms with E-state index in [1.54, 1.807) is 7.11 Å². The first-order chi connectivity index (χ1) is 16.0. The topological polar surface area (TPSA) is 79.3 Å². The largest absolute Gasteiger partial charge is 0.497 e. The monoisotopic (exact) mass is 522 g/mol. The molecule has 34 heavy (non-hydrogen) atoms. The van der Waals surface area contributed by atoms with Crippen LogP contribution >= 0.6 is 11.6 Å². The lowest BCUT2D eigenvalue weighted by Gasteiger charge is -2.35. The molecule has 1 atom stereocenters. The molecule has 3 rings (SSSR count). The number of halogens is 4. The number of benzene rings is 2. The van der Waals surface area contributed by atoms with Gasteiger partial charge in [-0.05, 0) is 35.9 Å². The third-order valence-corrected chi connectivity index (χ3v) is 7.77. The van der Waals surface area contributed by atoms with Crippen molar-refractivity contribution in [3.05, 3.63) is 58.6 Å². The van der Waals surface area contributed by atoms with Crippen molar-refractivity contribution in [2.75, 3.05) is 46.4 Å². The van der Waals surface area contributed by atoms with E-state index >= 15 is 0 Å². The molecule has 0 unspecified atom stereocenters. The summed E-state index contributed by atoms with van der Waals surface area (Å²) in [4.78, 5) is 1.31. The molecule has 7 nitrogen and oxygen atoms in total. The van der Waals surface area contributed by atoms with Gasteiger partial charge in [0.15, 0.2) is 0 Å². The van der Waals surface area contributed by atoms with Gasteiger partial charge >= 0.3 is 6.18 Å². The van der Waals surface area contributed by atoms with Gasteiger partial charge in [-0.25, -0.2) is 8.42 Å². The Bertz CT molecular complexity index is 1080. The number of ether oxygens (including phenoxy) is 2. The molecule has 0 aliphatic carbocycles. The lowest BCUT2D eigenvalue weighted by molar-refractivity contribution is -0.137. The molecule has 1 aliphatic heterocycles. The van der Waals surface area contributed by atoms with Crippen LogP contribution in [0.5, 0.6) is 5.75 Å². The minimum atomic E-state index is -4.68. The molecule has 188 valence electrons. The standard InChI is InChI=1S/C22H26ClF3N2O5S/c1-32-19-4-2-3-16(11-19)14-33-15-18(29)13-27-7-9-28(10-8-27)34(30,31)21-12-17(22(24,25)26)5-6-20(21)23/h2-6,11-12,18,29H,7-10,13-15H2,1H3/t18-/m0/s1. The highest BCUT2D eigenvalue weighted by atomic mass is 35.5. The molecule has 1 aliphatic rings. The highest BCUT2D eigenvalue weighted by Crippen LogP contribution is 2.34. The summed E-state index contributed by atoms with van der Waals surface area (Å²) < 4.78 is 76.7. The molecule has 1 saturated heterocycles. The fourth-order valence-electron chi connectivity index (χ4n) is 3.59. The van der Waals surface area contributed by atoms with Gasteiger partial charge < -0.3 is 14.6 Å². The number of aliphatic hydroxyl groups is 1. The Balaban J connectivity index is 1.51. The minimum absolute atomic E-state index is 0.0618. The first-order valence-corrected chi connectivity index (χ1v) is 12.3. The predicted molar refractivity (Wildman–Crippen MR) is 120 cm³/mol. The van der Waals surface area contributed by atoms with Crippen molar-refractivity contribution >= 4 is 21.6 Å². The molecule has 12 heteroatoms. The third-order valence-electron chi connectivity index (χ3n) is 5.39. The molecule has 1 fully saturated rings. The molecule has 0 aromatic heterocycles. The van der Waals surface area contributed by atoms with E-state index < -0.39 is 32.8 Å². The van der Waals surface area contributed by atoms with Crippen LogP contribution in [0.15, 0.2) is 47.4 Å². The molecule has 0 amide bonds. The molecular weight excluding hydrogens is 497 g/mol. The number of methoxy groups -OCH3 is 1. The number of piperazine rings is 1. The summed E-state index contributed by atoms with van der Waals surface area (Å²) in [5, 5.41) is 10.0. The van der Waals surface area contributed by atoms with Gasteiger partial charge in [0.1, 0.15) is 10.6 Å². The van der Waals surface area contributed by atoms with Gasteiger partial charge in [-0.2, -0.15) is 17.5 Å². The van der Waals surface area contributed by atoms with Crippen LogP contribution in [0.1, 0.15) is 11.1 Å². The number of sulfonamides is 1. The maximum Gasteiger partial charge on any atom is 0.416 e. The summed E-state index contributed by atoms with van der Waals surface area (Å²) in [6.07, 6.45) is -5.47. The van der Waals surface area contributed by atoms with Gasteiger partial charge in [0.25, 0.3) is 0 Å². The number of alkyl halides is 3. The zero-order valence-electron chi connectivity index (χ0n) is 18.5. The van der Waals surface area contributed by atoms with Gasteiger partial charge in [0, 0.05) is 32.7 Å². The Hall–Kier alpha value is -1.89. The van der Waals surface area contributed by atoms with Crippen LogP contribution in [-0.2, 0) is 27.5 Å². The molecule has 0 spiro atoms. The zero-order chi connectivity index (χ0) is 24.9. The van der Waals surface area contributed by atoms with E-state index in [-0.39, 0.29) is 31.3 Å². The smallest absolute Gasteiger partial charge is 0.416 e. The number of β-amino-alcohol motifs (C(OH)–C–C–N with tert-alkyl or cyclic N) is 1. The third kappa shape index (κ3) is 6.83. The molecule has 0 saturated carbocycles. The first-order valence-electron chi connectivity index (χ1n) is 10.5. The van der Waals surface area contributed by atoms with Gasteiger partial charge in [0.2, 0.25) is 10.0 Å². The van der Waals surface area contributed by atoms with E-state index in [9.17, 15) is 26.7 Å². The molecule has 1 N–H and O–H groups in total.